The molecule has 0 radical (unpaired) electrons. The summed E-state index contributed by atoms with van der Waals surface area (Å²) in [6, 6.07) is 14.9. The van der Waals surface area contributed by atoms with Crippen LogP contribution in [0.4, 0.5) is 0 Å². The maximum Gasteiger partial charge on any atom is -1.00 e. The van der Waals surface area contributed by atoms with Crippen molar-refractivity contribution in [1.29, 1.82) is 0 Å². The van der Waals surface area contributed by atoms with Gasteiger partial charge in [0.25, 0.3) is 0 Å². The molecule has 0 aromatic heterocycles. The van der Waals surface area contributed by atoms with Crippen LogP contribution in [-0.4, -0.2) is 3.21 Å². The Balaban J connectivity index is 0.00000280. The number of halogens is 2. The topological polar surface area (TPSA) is 0 Å². The molecule has 2 aromatic rings. The van der Waals surface area contributed by atoms with Gasteiger partial charge in [0.05, 0.1) is 0 Å². The Hall–Kier alpha value is -0.747. The van der Waals surface area contributed by atoms with Gasteiger partial charge in [-0.1, -0.05) is 0 Å². The molecule has 1 atom stereocenters. The molecule has 0 bridgehead atoms. The Morgan fingerprint density at radius 2 is 1.20 bits per heavy atom. The van der Waals surface area contributed by atoms with E-state index in [0.717, 1.165) is 0 Å². The number of rotatable bonds is 5. The van der Waals surface area contributed by atoms with Gasteiger partial charge in [0.1, 0.15) is 0 Å². The summed E-state index contributed by atoms with van der Waals surface area (Å²) in [5.74, 6) is 0.623. The van der Waals surface area contributed by atoms with Crippen molar-refractivity contribution in [3.8, 4) is 11.1 Å². The summed E-state index contributed by atoms with van der Waals surface area (Å²) in [6.45, 7) is 28.6. The fourth-order valence-corrected chi connectivity index (χ4v) is 15.0. The molecule has 40 heavy (non-hydrogen) atoms. The van der Waals surface area contributed by atoms with Crippen LogP contribution >= 0.6 is 0 Å². The van der Waals surface area contributed by atoms with Crippen LogP contribution in [0.2, 0.25) is 0 Å². The summed E-state index contributed by atoms with van der Waals surface area (Å²) in [5.41, 5.74) is 11.2. The molecule has 2 aliphatic carbocycles. The van der Waals surface area contributed by atoms with Gasteiger partial charge in [-0.15, -0.1) is 0 Å². The third kappa shape index (κ3) is 7.06. The minimum atomic E-state index is -2.32. The fourth-order valence-electron chi connectivity index (χ4n) is 6.29. The second-order valence-electron chi connectivity index (χ2n) is 15.2. The number of unbranched alkanes of at least 4 members (excludes halogenated alkanes) is 1. The summed E-state index contributed by atoms with van der Waals surface area (Å²) < 4.78 is 4.13. The number of hydrogen-bond donors (Lipinski definition) is 0. The van der Waals surface area contributed by atoms with Gasteiger partial charge >= 0.3 is 243 Å². The van der Waals surface area contributed by atoms with E-state index in [4.69, 9.17) is 0 Å². The van der Waals surface area contributed by atoms with E-state index in [-0.39, 0.29) is 41.1 Å². The average Bonchev–Trinajstić information content (AvgIpc) is 3.36. The van der Waals surface area contributed by atoms with Crippen molar-refractivity contribution in [2.24, 2.45) is 11.3 Å². The van der Waals surface area contributed by atoms with E-state index in [1.54, 1.807) is 19.9 Å². The van der Waals surface area contributed by atoms with Crippen molar-refractivity contribution in [3.63, 3.8) is 0 Å². The quantitative estimate of drug-likeness (QED) is 0.431. The van der Waals surface area contributed by atoms with Crippen molar-refractivity contribution in [2.45, 2.75) is 117 Å². The van der Waals surface area contributed by atoms with E-state index in [0.29, 0.717) is 9.54 Å². The van der Waals surface area contributed by atoms with Gasteiger partial charge in [0.2, 0.25) is 0 Å². The van der Waals surface area contributed by atoms with E-state index < -0.39 is 21.3 Å². The molecule has 4 rings (SSSR count). The molecule has 3 heteroatoms. The molecule has 0 saturated carbocycles. The minimum absolute atomic E-state index is 0. The number of hydrogen-bond acceptors (Lipinski definition) is 0. The fraction of sp³-hybridized carbons (Fsp3) is 0.541. The molecular weight excluding hydrogens is 607 g/mol. The van der Waals surface area contributed by atoms with Gasteiger partial charge < -0.3 is 24.8 Å². The third-order valence-corrected chi connectivity index (χ3v) is 17.1. The molecular formula is C37H52Cl2Zr. The smallest absolute Gasteiger partial charge is 1.00 e. The summed E-state index contributed by atoms with van der Waals surface area (Å²) >= 11 is -2.32. The van der Waals surface area contributed by atoms with Crippen LogP contribution in [-0.2, 0) is 32.1 Å². The monoisotopic (exact) mass is 656 g/mol. The van der Waals surface area contributed by atoms with Crippen LogP contribution in [0.5, 0.6) is 0 Å². The number of benzene rings is 2. The van der Waals surface area contributed by atoms with Crippen molar-refractivity contribution < 1.29 is 46.1 Å². The normalized spacial score (nSPS) is 16.6. The molecule has 1 unspecified atom stereocenters. The Kier molecular flexibility index (Phi) is 11.4. The molecule has 0 heterocycles. The Bertz CT molecular complexity index is 1250. The summed E-state index contributed by atoms with van der Waals surface area (Å²) in [6.07, 6.45) is 9.25. The Morgan fingerprint density at radius 3 is 1.57 bits per heavy atom. The van der Waals surface area contributed by atoms with Gasteiger partial charge in [-0.05, 0) is 0 Å². The first-order chi connectivity index (χ1) is 17.5. The second kappa shape index (κ2) is 12.9. The molecule has 0 N–H and O–H groups in total. The van der Waals surface area contributed by atoms with Gasteiger partial charge in [-0.2, -0.15) is 0 Å². The van der Waals surface area contributed by atoms with Gasteiger partial charge in [-0.25, -0.2) is 0 Å². The zero-order chi connectivity index (χ0) is 28.2. The number of fused-ring (bicyclic) bond motifs is 3. The summed E-state index contributed by atoms with van der Waals surface area (Å²) in [4.78, 5) is 0. The van der Waals surface area contributed by atoms with Crippen LogP contribution < -0.4 is 24.8 Å². The van der Waals surface area contributed by atoms with Crippen LogP contribution in [0.25, 0.3) is 11.1 Å². The molecule has 0 fully saturated rings. The molecule has 2 aromatic carbocycles. The Morgan fingerprint density at radius 1 is 0.725 bits per heavy atom. The molecule has 2 aliphatic rings. The molecule has 0 amide bonds. The maximum absolute atomic E-state index is 2.70. The van der Waals surface area contributed by atoms with E-state index in [9.17, 15) is 0 Å². The summed E-state index contributed by atoms with van der Waals surface area (Å²) in [7, 11) is 0. The zero-order valence-corrected chi connectivity index (χ0v) is 31.1. The van der Waals surface area contributed by atoms with Crippen LogP contribution in [0, 0.1) is 11.3 Å². The number of allylic oxidation sites excluding steroid dienone is 4. The van der Waals surface area contributed by atoms with Crippen LogP contribution in [0.1, 0.15) is 128 Å². The van der Waals surface area contributed by atoms with Crippen molar-refractivity contribution in [2.75, 3.05) is 0 Å². The van der Waals surface area contributed by atoms with Gasteiger partial charge in [0, 0.05) is 0 Å². The first-order valence-electron chi connectivity index (χ1n) is 14.9. The van der Waals surface area contributed by atoms with Crippen LogP contribution in [0.3, 0.4) is 0 Å². The zero-order valence-electron chi connectivity index (χ0n) is 27.2. The molecule has 0 saturated heterocycles. The SMILES string of the molecule is CCCCC1C=C(C(C)(C)C)C=[C]1[Zr+2](=[C](C)C)[CH]1c2cc(C(C)(C)C)ccc2-c2ccc(C(C)(C)C)cc21.[Cl-].[Cl-]. The van der Waals surface area contributed by atoms with Crippen molar-refractivity contribution in [1.82, 2.24) is 0 Å². The Labute approximate surface area is 266 Å². The standard InChI is InChI=1S/C21H25.C13H21.C3H6.2ClH.Zr/c1-20(2,3)16-7-9-18-14(12-16)11-15-13-17(21(4,5)6)8-10-19(15)18;1-5-6-7-11-8-9-12(10-11)13(2,3)4;1-3-2;;;/h7-13H,1-6H3;9-11H,5-7H2,1-4H3;1-2H3;2*1H;/q;;;;;+2/p-2. The average molecular weight is 659 g/mol. The van der Waals surface area contributed by atoms with Gasteiger partial charge in [-0.3, -0.25) is 0 Å². The predicted molar refractivity (Wildman–Crippen MR) is 166 cm³/mol. The van der Waals surface area contributed by atoms with Crippen molar-refractivity contribution >= 4 is 3.21 Å². The summed E-state index contributed by atoms with van der Waals surface area (Å²) in [5, 5.41) is 0. The molecule has 218 valence electrons. The largest absolute Gasteiger partial charge is 1.00 e. The van der Waals surface area contributed by atoms with E-state index in [1.807, 2.05) is 3.28 Å². The molecule has 0 nitrogen and oxygen atoms in total. The van der Waals surface area contributed by atoms with Crippen molar-refractivity contribution in [3.05, 3.63) is 79.7 Å². The van der Waals surface area contributed by atoms with Gasteiger partial charge in [0.15, 0.2) is 0 Å². The van der Waals surface area contributed by atoms with Crippen LogP contribution in [0.15, 0.2) is 57.4 Å². The molecule has 0 spiro atoms. The van der Waals surface area contributed by atoms with E-state index in [1.165, 1.54) is 41.5 Å². The third-order valence-electron chi connectivity index (χ3n) is 8.71. The first-order valence-corrected chi connectivity index (χ1v) is 18.8. The second-order valence-corrected chi connectivity index (χ2v) is 22.5. The first kappa shape index (κ1) is 35.4. The minimum Gasteiger partial charge on any atom is -1.00 e. The molecule has 0 aliphatic heterocycles. The van der Waals surface area contributed by atoms with E-state index in [2.05, 4.69) is 132 Å². The predicted octanol–water partition coefficient (Wildman–Crippen LogP) is 4.87. The van der Waals surface area contributed by atoms with E-state index >= 15 is 0 Å². The maximum atomic E-state index is 2.70.